The Bertz CT molecular complexity index is 455. The molecule has 1 heterocycles. The maximum absolute atomic E-state index is 12.0. The van der Waals surface area contributed by atoms with Crippen LogP contribution < -0.4 is 0 Å². The van der Waals surface area contributed by atoms with Crippen LogP contribution in [0.4, 0.5) is 0 Å². The third-order valence-electron chi connectivity index (χ3n) is 2.85. The monoisotopic (exact) mass is 208 g/mol. The largest absolute Gasteiger partial charge is 0.263 e. The number of hydrogen-bond acceptors (Lipinski definition) is 1. The first-order chi connectivity index (χ1) is 6.50. The highest BCUT2D eigenvalue weighted by molar-refractivity contribution is 8.00. The summed E-state index contributed by atoms with van der Waals surface area (Å²) in [6.45, 7) is 4.36. The smallest absolute Gasteiger partial charge is 0.0337 e. The number of rotatable bonds is 1. The first-order valence-corrected chi connectivity index (χ1v) is 6.88. The number of aryl methyl sites for hydroxylation is 1. The lowest BCUT2D eigenvalue weighted by Gasteiger charge is -2.08. The lowest BCUT2D eigenvalue weighted by molar-refractivity contribution is 0.683. The topological polar surface area (TPSA) is 17.1 Å². The Labute approximate surface area is 86.2 Å². The number of benzene rings is 1. The van der Waals surface area contributed by atoms with Crippen LogP contribution >= 0.6 is 0 Å². The third kappa shape index (κ3) is 1.48. The molecule has 0 saturated heterocycles. The van der Waals surface area contributed by atoms with Gasteiger partial charge < -0.3 is 0 Å². The molecule has 0 amide bonds. The summed E-state index contributed by atoms with van der Waals surface area (Å²) < 4.78 is 12.0. The van der Waals surface area contributed by atoms with Gasteiger partial charge in [-0.15, -0.1) is 0 Å². The van der Waals surface area contributed by atoms with Crippen LogP contribution in [0.1, 0.15) is 30.9 Å². The molecule has 0 fully saturated rings. The van der Waals surface area contributed by atoms with Crippen LogP contribution in [0.5, 0.6) is 0 Å². The summed E-state index contributed by atoms with van der Waals surface area (Å²) in [5.41, 5.74) is 2.58. The molecule has 14 heavy (non-hydrogen) atoms. The van der Waals surface area contributed by atoms with Crippen molar-refractivity contribution in [2.75, 3.05) is 5.75 Å². The second kappa shape index (κ2) is 3.13. The number of fused-ring (bicyclic) bond motifs is 1. The SMILES string of the molecule is C=S1(=O)CCc2cc(C(C)C)ccc21. The van der Waals surface area contributed by atoms with E-state index >= 15 is 0 Å². The fourth-order valence-electron chi connectivity index (χ4n) is 1.90. The van der Waals surface area contributed by atoms with Crippen molar-refractivity contribution in [3.63, 3.8) is 0 Å². The van der Waals surface area contributed by atoms with E-state index in [1.807, 2.05) is 6.07 Å². The molecule has 1 unspecified atom stereocenters. The molecule has 1 aliphatic heterocycles. The Morgan fingerprint density at radius 1 is 1.43 bits per heavy atom. The maximum Gasteiger partial charge on any atom is 0.0337 e. The van der Waals surface area contributed by atoms with E-state index < -0.39 is 9.52 Å². The van der Waals surface area contributed by atoms with Gasteiger partial charge in [-0.3, -0.25) is 4.21 Å². The van der Waals surface area contributed by atoms with Crippen LogP contribution in [0.3, 0.4) is 0 Å². The quantitative estimate of drug-likeness (QED) is 0.648. The molecular formula is C12H16OS. The van der Waals surface area contributed by atoms with E-state index in [1.165, 1.54) is 11.1 Å². The summed E-state index contributed by atoms with van der Waals surface area (Å²) in [4.78, 5) is 0.988. The van der Waals surface area contributed by atoms with E-state index in [2.05, 4.69) is 31.9 Å². The van der Waals surface area contributed by atoms with Crippen LogP contribution in [0.15, 0.2) is 23.1 Å². The minimum atomic E-state index is -1.95. The Hall–Kier alpha value is -0.760. The lowest BCUT2D eigenvalue weighted by atomic mass is 10.0. The lowest BCUT2D eigenvalue weighted by Crippen LogP contribution is -1.98. The van der Waals surface area contributed by atoms with Gasteiger partial charge in [-0.05, 0) is 44.9 Å². The zero-order chi connectivity index (χ0) is 10.3. The zero-order valence-electron chi connectivity index (χ0n) is 8.75. The van der Waals surface area contributed by atoms with E-state index in [1.54, 1.807) is 0 Å². The van der Waals surface area contributed by atoms with Crippen molar-refractivity contribution in [2.24, 2.45) is 0 Å². The molecule has 0 spiro atoms. The van der Waals surface area contributed by atoms with Crippen molar-refractivity contribution >= 4 is 15.4 Å². The van der Waals surface area contributed by atoms with E-state index in [0.717, 1.165) is 17.1 Å². The van der Waals surface area contributed by atoms with Gasteiger partial charge >= 0.3 is 0 Å². The maximum atomic E-state index is 12.0. The predicted molar refractivity (Wildman–Crippen MR) is 62.6 cm³/mol. The van der Waals surface area contributed by atoms with Crippen LogP contribution in [0.2, 0.25) is 0 Å². The van der Waals surface area contributed by atoms with Crippen LogP contribution in [0.25, 0.3) is 0 Å². The van der Waals surface area contributed by atoms with Crippen molar-refractivity contribution in [3.05, 3.63) is 29.3 Å². The Morgan fingerprint density at radius 2 is 2.14 bits per heavy atom. The molecule has 2 rings (SSSR count). The minimum absolute atomic E-state index is 0.543. The van der Waals surface area contributed by atoms with Crippen molar-refractivity contribution in [1.29, 1.82) is 0 Å². The highest BCUT2D eigenvalue weighted by Crippen LogP contribution is 2.28. The highest BCUT2D eigenvalue weighted by atomic mass is 32.2. The van der Waals surface area contributed by atoms with Crippen molar-refractivity contribution < 1.29 is 4.21 Å². The van der Waals surface area contributed by atoms with Gasteiger partial charge in [0, 0.05) is 10.6 Å². The van der Waals surface area contributed by atoms with Gasteiger partial charge in [0.25, 0.3) is 0 Å². The van der Waals surface area contributed by atoms with E-state index in [0.29, 0.717) is 5.92 Å². The van der Waals surface area contributed by atoms with Gasteiger partial charge in [0.2, 0.25) is 0 Å². The molecule has 0 saturated carbocycles. The van der Waals surface area contributed by atoms with Crippen molar-refractivity contribution in [1.82, 2.24) is 0 Å². The first kappa shape index (κ1) is 9.78. The first-order valence-electron chi connectivity index (χ1n) is 4.98. The summed E-state index contributed by atoms with van der Waals surface area (Å²) in [7, 11) is -1.95. The summed E-state index contributed by atoms with van der Waals surface area (Å²) in [5.74, 6) is 5.08. The Balaban J connectivity index is 2.55. The second-order valence-corrected chi connectivity index (χ2v) is 6.76. The third-order valence-corrected chi connectivity index (χ3v) is 4.92. The van der Waals surface area contributed by atoms with Crippen molar-refractivity contribution in [3.8, 4) is 0 Å². The van der Waals surface area contributed by atoms with Crippen molar-refractivity contribution in [2.45, 2.75) is 31.1 Å². The summed E-state index contributed by atoms with van der Waals surface area (Å²) >= 11 is 0. The molecule has 2 heteroatoms. The molecule has 0 aromatic heterocycles. The minimum Gasteiger partial charge on any atom is -0.263 e. The van der Waals surface area contributed by atoms with Gasteiger partial charge in [-0.25, -0.2) is 0 Å². The summed E-state index contributed by atoms with van der Waals surface area (Å²) in [5, 5.41) is 0. The Morgan fingerprint density at radius 3 is 2.79 bits per heavy atom. The highest BCUT2D eigenvalue weighted by Gasteiger charge is 2.21. The molecule has 1 aliphatic rings. The predicted octanol–water partition coefficient (Wildman–Crippen LogP) is 2.44. The molecule has 1 aromatic rings. The summed E-state index contributed by atoms with van der Waals surface area (Å²) in [6, 6.07) is 6.28. The molecular weight excluding hydrogens is 192 g/mol. The normalized spacial score (nSPS) is 25.4. The average Bonchev–Trinajstić information content (AvgIpc) is 2.42. The molecule has 1 atom stereocenters. The molecule has 0 bridgehead atoms. The van der Waals surface area contributed by atoms with E-state index in [9.17, 15) is 4.21 Å². The van der Waals surface area contributed by atoms with Gasteiger partial charge in [-0.2, -0.15) is 0 Å². The van der Waals surface area contributed by atoms with E-state index in [-0.39, 0.29) is 0 Å². The van der Waals surface area contributed by atoms with Crippen LogP contribution in [-0.2, 0) is 15.9 Å². The molecule has 1 nitrogen and oxygen atoms in total. The van der Waals surface area contributed by atoms with Gasteiger partial charge in [0.05, 0.1) is 0 Å². The van der Waals surface area contributed by atoms with Gasteiger partial charge in [0.1, 0.15) is 0 Å². The van der Waals surface area contributed by atoms with E-state index in [4.69, 9.17) is 0 Å². The average molecular weight is 208 g/mol. The molecule has 0 radical (unpaired) electrons. The fraction of sp³-hybridized carbons (Fsp3) is 0.417. The fourth-order valence-corrected chi connectivity index (χ4v) is 3.63. The zero-order valence-corrected chi connectivity index (χ0v) is 9.56. The standard InChI is InChI=1S/C12H16OS/c1-9(2)10-4-5-12-11(8-10)6-7-14(12,3)13/h4-5,8-9H,3,6-7H2,1-2H3. The number of hydrogen-bond donors (Lipinski definition) is 0. The molecule has 1 aromatic carbocycles. The van der Waals surface area contributed by atoms with Gasteiger partial charge in [0.15, 0.2) is 0 Å². The molecule has 0 aliphatic carbocycles. The Kier molecular flexibility index (Phi) is 2.18. The molecule has 0 N–H and O–H groups in total. The second-order valence-electron chi connectivity index (χ2n) is 4.29. The van der Waals surface area contributed by atoms with Crippen LogP contribution in [-0.4, -0.2) is 15.8 Å². The summed E-state index contributed by atoms with van der Waals surface area (Å²) in [6.07, 6.45) is 0.929. The van der Waals surface area contributed by atoms with Crippen LogP contribution in [0, 0.1) is 0 Å². The van der Waals surface area contributed by atoms with Gasteiger partial charge in [-0.1, -0.05) is 26.0 Å². The molecule has 76 valence electrons.